The molecule has 0 saturated carbocycles. The Kier molecular flexibility index (Phi) is 4.89. The van der Waals surface area contributed by atoms with Crippen LogP contribution in [0.1, 0.15) is 42.6 Å². The maximum atomic E-state index is 11.7. The molecule has 0 unspecified atom stereocenters. The van der Waals surface area contributed by atoms with Crippen LogP contribution in [0.15, 0.2) is 18.2 Å². The lowest BCUT2D eigenvalue weighted by atomic mass is 10.0. The zero-order valence-corrected chi connectivity index (χ0v) is 10.9. The molecule has 1 rings (SSSR count). The van der Waals surface area contributed by atoms with Gasteiger partial charge in [0.2, 0.25) is 0 Å². The number of ketones is 1. The van der Waals surface area contributed by atoms with Gasteiger partial charge in [0.05, 0.1) is 12.5 Å². The smallest absolute Gasteiger partial charge is 0.303 e. The Labute approximate surface area is 107 Å². The van der Waals surface area contributed by atoms with Gasteiger partial charge < -0.3 is 9.84 Å². The van der Waals surface area contributed by atoms with Crippen LogP contribution in [0.5, 0.6) is 5.75 Å². The van der Waals surface area contributed by atoms with Crippen LogP contribution in [0, 0.1) is 6.92 Å². The second-order valence-corrected chi connectivity index (χ2v) is 4.46. The first-order valence-corrected chi connectivity index (χ1v) is 5.92. The van der Waals surface area contributed by atoms with Gasteiger partial charge in [0.15, 0.2) is 5.78 Å². The van der Waals surface area contributed by atoms with E-state index in [9.17, 15) is 9.59 Å². The first kappa shape index (κ1) is 14.2. The predicted molar refractivity (Wildman–Crippen MR) is 68.1 cm³/mol. The standard InChI is InChI=1S/C14H18O4/c1-9(2)18-13-6-4-11(8-10(13)3)12(15)5-7-14(16)17/h4,6,8-9H,5,7H2,1-3H3,(H,16,17). The van der Waals surface area contributed by atoms with Gasteiger partial charge in [0.25, 0.3) is 0 Å². The van der Waals surface area contributed by atoms with Gasteiger partial charge in [0, 0.05) is 12.0 Å². The molecule has 1 aromatic rings. The van der Waals surface area contributed by atoms with Crippen LogP contribution >= 0.6 is 0 Å². The minimum absolute atomic E-state index is 0.0269. The highest BCUT2D eigenvalue weighted by atomic mass is 16.5. The molecular formula is C14H18O4. The quantitative estimate of drug-likeness (QED) is 0.788. The Morgan fingerprint density at radius 2 is 1.94 bits per heavy atom. The summed E-state index contributed by atoms with van der Waals surface area (Å²) in [6.45, 7) is 5.74. The molecule has 0 spiro atoms. The number of benzene rings is 1. The van der Waals surface area contributed by atoms with Gasteiger partial charge in [-0.3, -0.25) is 9.59 Å². The van der Waals surface area contributed by atoms with Crippen molar-refractivity contribution in [2.45, 2.75) is 39.7 Å². The summed E-state index contributed by atoms with van der Waals surface area (Å²) >= 11 is 0. The van der Waals surface area contributed by atoms with E-state index in [-0.39, 0.29) is 24.7 Å². The van der Waals surface area contributed by atoms with E-state index in [1.54, 1.807) is 18.2 Å². The average Bonchev–Trinajstić information content (AvgIpc) is 2.28. The highest BCUT2D eigenvalue weighted by Gasteiger charge is 2.10. The molecule has 1 aromatic carbocycles. The summed E-state index contributed by atoms with van der Waals surface area (Å²) in [6.07, 6.45) is -0.0290. The number of carbonyl (C=O) groups is 2. The van der Waals surface area contributed by atoms with Crippen LogP contribution in [0.3, 0.4) is 0 Å². The largest absolute Gasteiger partial charge is 0.491 e. The van der Waals surface area contributed by atoms with Gasteiger partial charge in [0.1, 0.15) is 5.75 Å². The molecule has 18 heavy (non-hydrogen) atoms. The number of carboxylic acid groups (broad SMARTS) is 1. The van der Waals surface area contributed by atoms with Gasteiger partial charge in [-0.15, -0.1) is 0 Å². The van der Waals surface area contributed by atoms with E-state index >= 15 is 0 Å². The zero-order chi connectivity index (χ0) is 13.7. The van der Waals surface area contributed by atoms with E-state index in [1.807, 2.05) is 20.8 Å². The number of aryl methyl sites for hydroxylation is 1. The van der Waals surface area contributed by atoms with E-state index in [1.165, 1.54) is 0 Å². The molecule has 0 aliphatic heterocycles. The normalized spacial score (nSPS) is 10.4. The monoisotopic (exact) mass is 250 g/mol. The third kappa shape index (κ3) is 4.20. The molecular weight excluding hydrogens is 232 g/mol. The van der Waals surface area contributed by atoms with Crippen molar-refractivity contribution in [2.75, 3.05) is 0 Å². The predicted octanol–water partition coefficient (Wildman–Crippen LogP) is 2.83. The van der Waals surface area contributed by atoms with E-state index in [2.05, 4.69) is 0 Å². The molecule has 4 heteroatoms. The Morgan fingerprint density at radius 1 is 1.28 bits per heavy atom. The van der Waals surface area contributed by atoms with Crippen molar-refractivity contribution >= 4 is 11.8 Å². The lowest BCUT2D eigenvalue weighted by Gasteiger charge is -2.13. The van der Waals surface area contributed by atoms with Crippen LogP contribution in [-0.4, -0.2) is 23.0 Å². The molecule has 0 fully saturated rings. The van der Waals surface area contributed by atoms with Crippen molar-refractivity contribution in [3.8, 4) is 5.75 Å². The number of aliphatic carboxylic acids is 1. The van der Waals surface area contributed by atoms with Crippen molar-refractivity contribution in [1.82, 2.24) is 0 Å². The minimum Gasteiger partial charge on any atom is -0.491 e. The van der Waals surface area contributed by atoms with Crippen LogP contribution in [0.25, 0.3) is 0 Å². The van der Waals surface area contributed by atoms with Gasteiger partial charge in [-0.1, -0.05) is 0 Å². The summed E-state index contributed by atoms with van der Waals surface area (Å²) in [6, 6.07) is 5.17. The number of rotatable bonds is 6. The summed E-state index contributed by atoms with van der Waals surface area (Å²) in [5, 5.41) is 8.53. The van der Waals surface area contributed by atoms with Crippen LogP contribution in [0.2, 0.25) is 0 Å². The molecule has 0 aliphatic rings. The summed E-state index contributed by atoms with van der Waals surface area (Å²) in [7, 11) is 0. The number of ether oxygens (including phenoxy) is 1. The summed E-state index contributed by atoms with van der Waals surface area (Å²) in [5.74, 6) is -0.365. The van der Waals surface area contributed by atoms with Crippen LogP contribution in [-0.2, 0) is 4.79 Å². The summed E-state index contributed by atoms with van der Waals surface area (Å²) in [4.78, 5) is 22.1. The average molecular weight is 250 g/mol. The minimum atomic E-state index is -0.958. The van der Waals surface area contributed by atoms with Crippen LogP contribution in [0.4, 0.5) is 0 Å². The first-order chi connectivity index (χ1) is 8.40. The third-order valence-electron chi connectivity index (χ3n) is 2.43. The summed E-state index contributed by atoms with van der Waals surface area (Å²) in [5.41, 5.74) is 1.41. The number of hydrogen-bond acceptors (Lipinski definition) is 3. The van der Waals surface area contributed by atoms with Gasteiger partial charge in [-0.2, -0.15) is 0 Å². The second-order valence-electron chi connectivity index (χ2n) is 4.46. The maximum Gasteiger partial charge on any atom is 0.303 e. The molecule has 0 atom stereocenters. The molecule has 0 amide bonds. The zero-order valence-electron chi connectivity index (χ0n) is 10.9. The van der Waals surface area contributed by atoms with Crippen LogP contribution < -0.4 is 4.74 Å². The Morgan fingerprint density at radius 3 is 2.44 bits per heavy atom. The topological polar surface area (TPSA) is 63.6 Å². The first-order valence-electron chi connectivity index (χ1n) is 5.92. The lowest BCUT2D eigenvalue weighted by Crippen LogP contribution is -2.08. The number of carboxylic acids is 1. The van der Waals surface area contributed by atoms with E-state index in [4.69, 9.17) is 9.84 Å². The Hall–Kier alpha value is -1.84. The Bertz CT molecular complexity index is 449. The molecule has 0 bridgehead atoms. The van der Waals surface area contributed by atoms with Crippen molar-refractivity contribution in [3.05, 3.63) is 29.3 Å². The van der Waals surface area contributed by atoms with Crippen molar-refractivity contribution < 1.29 is 19.4 Å². The SMILES string of the molecule is Cc1cc(C(=O)CCC(=O)O)ccc1OC(C)C. The van der Waals surface area contributed by atoms with Gasteiger partial charge in [-0.05, 0) is 44.5 Å². The molecule has 0 saturated heterocycles. The third-order valence-corrected chi connectivity index (χ3v) is 2.43. The maximum absolute atomic E-state index is 11.7. The van der Waals surface area contributed by atoms with Crippen molar-refractivity contribution in [3.63, 3.8) is 0 Å². The van der Waals surface area contributed by atoms with Crippen molar-refractivity contribution in [1.29, 1.82) is 0 Å². The number of hydrogen-bond donors (Lipinski definition) is 1. The molecule has 98 valence electrons. The number of Topliss-reactive ketones (excluding diaryl/α,β-unsaturated/α-hetero) is 1. The fourth-order valence-corrected chi connectivity index (χ4v) is 1.57. The van der Waals surface area contributed by atoms with Crippen molar-refractivity contribution in [2.24, 2.45) is 0 Å². The molecule has 0 radical (unpaired) electrons. The van der Waals surface area contributed by atoms with Gasteiger partial charge >= 0.3 is 5.97 Å². The molecule has 0 heterocycles. The Balaban J connectivity index is 2.77. The second kappa shape index (κ2) is 6.19. The number of carbonyl (C=O) groups excluding carboxylic acids is 1. The fourth-order valence-electron chi connectivity index (χ4n) is 1.57. The van der Waals surface area contributed by atoms with E-state index < -0.39 is 5.97 Å². The van der Waals surface area contributed by atoms with Gasteiger partial charge in [-0.25, -0.2) is 0 Å². The molecule has 0 aromatic heterocycles. The molecule has 0 aliphatic carbocycles. The summed E-state index contributed by atoms with van der Waals surface area (Å²) < 4.78 is 5.57. The lowest BCUT2D eigenvalue weighted by molar-refractivity contribution is -0.136. The fraction of sp³-hybridized carbons (Fsp3) is 0.429. The van der Waals surface area contributed by atoms with E-state index in [0.717, 1.165) is 11.3 Å². The van der Waals surface area contributed by atoms with E-state index in [0.29, 0.717) is 5.56 Å². The highest BCUT2D eigenvalue weighted by molar-refractivity contribution is 5.97. The highest BCUT2D eigenvalue weighted by Crippen LogP contribution is 2.21. The molecule has 4 nitrogen and oxygen atoms in total. The molecule has 1 N–H and O–H groups in total.